The molecule has 3 aliphatic heterocycles. The zero-order valence-corrected chi connectivity index (χ0v) is 16.4. The van der Waals surface area contributed by atoms with Gasteiger partial charge in [0.1, 0.15) is 6.10 Å². The molecule has 1 aromatic rings. The summed E-state index contributed by atoms with van der Waals surface area (Å²) in [7, 11) is 0. The first-order chi connectivity index (χ1) is 13.7. The number of aliphatic hydroxyl groups is 1. The number of carbonyl (C=O) groups is 1. The average molecular weight is 389 g/mol. The van der Waals surface area contributed by atoms with Gasteiger partial charge in [-0.25, -0.2) is 4.79 Å². The lowest BCUT2D eigenvalue weighted by Crippen LogP contribution is -2.66. The lowest BCUT2D eigenvalue weighted by atomic mass is 9.87. The van der Waals surface area contributed by atoms with Gasteiger partial charge in [0.25, 0.3) is 0 Å². The van der Waals surface area contributed by atoms with Gasteiger partial charge in [-0.05, 0) is 50.8 Å². The second kappa shape index (κ2) is 8.78. The van der Waals surface area contributed by atoms with E-state index in [0.29, 0.717) is 19.1 Å². The number of likely N-dealkylation sites (tertiary alicyclic amines) is 1. The number of hydrogen-bond acceptors (Lipinski definition) is 5. The van der Waals surface area contributed by atoms with E-state index >= 15 is 0 Å². The summed E-state index contributed by atoms with van der Waals surface area (Å²) in [4.78, 5) is 14.3. The molecule has 7 heteroatoms. The number of aliphatic hydroxyl groups excluding tert-OH is 1. The second-order valence-corrected chi connectivity index (χ2v) is 8.06. The molecule has 1 aromatic carbocycles. The molecule has 154 valence electrons. The summed E-state index contributed by atoms with van der Waals surface area (Å²) in [6.45, 7) is 4.61. The SMILES string of the molecule is CCNC(=O)N[C@@H]1[C@H](O)[C@@H](N2CCC(Cc3ccccc3)CC2)[C@@H]2OC[C@@H]1O2. The molecule has 3 N–H and O–H groups in total. The Morgan fingerprint density at radius 2 is 2.00 bits per heavy atom. The van der Waals surface area contributed by atoms with Crippen LogP contribution in [0.2, 0.25) is 0 Å². The highest BCUT2D eigenvalue weighted by atomic mass is 16.7. The van der Waals surface area contributed by atoms with Crippen molar-refractivity contribution in [2.45, 2.75) is 56.8 Å². The van der Waals surface area contributed by atoms with E-state index in [2.05, 4.69) is 45.9 Å². The van der Waals surface area contributed by atoms with Crippen LogP contribution in [0.3, 0.4) is 0 Å². The smallest absolute Gasteiger partial charge is 0.315 e. The van der Waals surface area contributed by atoms with Crippen LogP contribution in [0.4, 0.5) is 4.79 Å². The standard InChI is InChI=1S/C21H31N3O4/c1-2-22-21(26)23-17-16-13-27-20(28-16)18(19(17)25)24-10-8-15(9-11-24)12-14-6-4-3-5-7-14/h3-7,15-20,25H,2,8-13H2,1H3,(H2,22,23,26)/t16-,17-,18+,19-,20+/m0/s1. The van der Waals surface area contributed by atoms with Crippen molar-refractivity contribution in [1.29, 1.82) is 0 Å². The minimum absolute atomic E-state index is 0.247. The number of amides is 2. The summed E-state index contributed by atoms with van der Waals surface area (Å²) < 4.78 is 11.8. The van der Waals surface area contributed by atoms with E-state index in [1.54, 1.807) is 0 Å². The van der Waals surface area contributed by atoms with Gasteiger partial charge in [0, 0.05) is 6.54 Å². The van der Waals surface area contributed by atoms with Gasteiger partial charge in [0.05, 0.1) is 24.8 Å². The Labute approximate surface area is 166 Å². The fourth-order valence-corrected chi connectivity index (χ4v) is 4.73. The van der Waals surface area contributed by atoms with Crippen LogP contribution < -0.4 is 10.6 Å². The van der Waals surface area contributed by atoms with E-state index < -0.39 is 18.4 Å². The van der Waals surface area contributed by atoms with Crippen molar-refractivity contribution in [3.8, 4) is 0 Å². The number of piperidine rings is 1. The van der Waals surface area contributed by atoms with Gasteiger partial charge in [-0.1, -0.05) is 30.3 Å². The largest absolute Gasteiger partial charge is 0.389 e. The van der Waals surface area contributed by atoms with Crippen molar-refractivity contribution < 1.29 is 19.4 Å². The number of rotatable bonds is 5. The first-order valence-electron chi connectivity index (χ1n) is 10.4. The van der Waals surface area contributed by atoms with E-state index in [1.807, 2.05) is 6.92 Å². The van der Waals surface area contributed by atoms with E-state index in [-0.39, 0.29) is 18.2 Å². The van der Waals surface area contributed by atoms with Crippen molar-refractivity contribution in [3.05, 3.63) is 35.9 Å². The van der Waals surface area contributed by atoms with Gasteiger partial charge in [0.15, 0.2) is 6.29 Å². The Morgan fingerprint density at radius 1 is 1.25 bits per heavy atom. The van der Waals surface area contributed by atoms with Crippen LogP contribution in [0.5, 0.6) is 0 Å². The highest BCUT2D eigenvalue weighted by Gasteiger charge is 2.52. The molecule has 3 heterocycles. The van der Waals surface area contributed by atoms with Gasteiger partial charge >= 0.3 is 6.03 Å². The summed E-state index contributed by atoms with van der Waals surface area (Å²) in [6.07, 6.45) is 1.85. The molecule has 4 rings (SSSR count). The molecule has 5 atom stereocenters. The fraction of sp³-hybridized carbons (Fsp3) is 0.667. The molecule has 3 saturated heterocycles. The quantitative estimate of drug-likeness (QED) is 0.703. The molecule has 0 aromatic heterocycles. The van der Waals surface area contributed by atoms with Crippen molar-refractivity contribution in [2.24, 2.45) is 5.92 Å². The molecule has 0 saturated carbocycles. The van der Waals surface area contributed by atoms with E-state index in [0.717, 1.165) is 32.4 Å². The second-order valence-electron chi connectivity index (χ2n) is 8.06. The van der Waals surface area contributed by atoms with Gasteiger partial charge in [-0.3, -0.25) is 4.90 Å². The van der Waals surface area contributed by atoms with Crippen LogP contribution in [-0.4, -0.2) is 72.9 Å². The Balaban J connectivity index is 1.36. The third kappa shape index (κ3) is 4.17. The molecule has 2 amide bonds. The van der Waals surface area contributed by atoms with Crippen LogP contribution in [0.15, 0.2) is 30.3 Å². The first-order valence-corrected chi connectivity index (χ1v) is 10.4. The number of carbonyl (C=O) groups excluding carboxylic acids is 1. The molecule has 7 nitrogen and oxygen atoms in total. The van der Waals surface area contributed by atoms with Crippen molar-refractivity contribution in [3.63, 3.8) is 0 Å². The van der Waals surface area contributed by atoms with Crippen molar-refractivity contribution >= 4 is 6.03 Å². The predicted molar refractivity (Wildman–Crippen MR) is 105 cm³/mol. The van der Waals surface area contributed by atoms with E-state index in [9.17, 15) is 9.90 Å². The van der Waals surface area contributed by atoms with Crippen LogP contribution in [0, 0.1) is 5.92 Å². The molecule has 28 heavy (non-hydrogen) atoms. The summed E-state index contributed by atoms with van der Waals surface area (Å²) >= 11 is 0. The summed E-state index contributed by atoms with van der Waals surface area (Å²) in [5.74, 6) is 0.654. The number of nitrogens with zero attached hydrogens (tertiary/aromatic N) is 1. The number of fused-ring (bicyclic) bond motifs is 2. The number of ether oxygens (including phenoxy) is 2. The zero-order valence-electron chi connectivity index (χ0n) is 16.4. The Bertz CT molecular complexity index is 650. The normalized spacial score (nSPS) is 33.6. The maximum atomic E-state index is 12.0. The third-order valence-corrected chi connectivity index (χ3v) is 6.20. The van der Waals surface area contributed by atoms with Crippen LogP contribution in [-0.2, 0) is 15.9 Å². The lowest BCUT2D eigenvalue weighted by molar-refractivity contribution is -0.184. The molecule has 3 aliphatic rings. The Morgan fingerprint density at radius 3 is 2.71 bits per heavy atom. The maximum Gasteiger partial charge on any atom is 0.315 e. The molecule has 3 fully saturated rings. The zero-order chi connectivity index (χ0) is 19.5. The fourth-order valence-electron chi connectivity index (χ4n) is 4.73. The molecule has 2 bridgehead atoms. The van der Waals surface area contributed by atoms with Crippen molar-refractivity contribution in [1.82, 2.24) is 15.5 Å². The summed E-state index contributed by atoms with van der Waals surface area (Å²) in [5, 5.41) is 16.6. The minimum Gasteiger partial charge on any atom is -0.389 e. The van der Waals surface area contributed by atoms with Gasteiger partial charge in [-0.2, -0.15) is 0 Å². The first kappa shape index (κ1) is 19.6. The number of urea groups is 1. The molecular formula is C21H31N3O4. The van der Waals surface area contributed by atoms with Gasteiger partial charge < -0.3 is 25.2 Å². The Hall–Kier alpha value is -1.67. The molecule has 0 aliphatic carbocycles. The topological polar surface area (TPSA) is 83.1 Å². The lowest BCUT2D eigenvalue weighted by Gasteiger charge is -2.46. The summed E-state index contributed by atoms with van der Waals surface area (Å²) in [5.41, 5.74) is 1.38. The van der Waals surface area contributed by atoms with Crippen molar-refractivity contribution in [2.75, 3.05) is 26.2 Å². The molecule has 0 radical (unpaired) electrons. The predicted octanol–water partition coefficient (Wildman–Crippen LogP) is 1.11. The monoisotopic (exact) mass is 389 g/mol. The molecule has 0 spiro atoms. The van der Waals surface area contributed by atoms with Gasteiger partial charge in [0.2, 0.25) is 0 Å². The number of benzene rings is 1. The minimum atomic E-state index is -0.709. The number of hydrogen-bond donors (Lipinski definition) is 3. The van der Waals surface area contributed by atoms with Crippen LogP contribution in [0.25, 0.3) is 0 Å². The summed E-state index contributed by atoms with van der Waals surface area (Å²) in [6, 6.07) is 9.63. The highest BCUT2D eigenvalue weighted by molar-refractivity contribution is 5.74. The third-order valence-electron chi connectivity index (χ3n) is 6.20. The molecular weight excluding hydrogens is 358 g/mol. The molecule has 0 unspecified atom stereocenters. The van der Waals surface area contributed by atoms with Gasteiger partial charge in [-0.15, -0.1) is 0 Å². The average Bonchev–Trinajstić information content (AvgIpc) is 3.13. The van der Waals surface area contributed by atoms with E-state index in [1.165, 1.54) is 5.56 Å². The van der Waals surface area contributed by atoms with E-state index in [4.69, 9.17) is 9.47 Å². The van der Waals surface area contributed by atoms with Crippen LogP contribution >= 0.6 is 0 Å². The maximum absolute atomic E-state index is 12.0. The highest BCUT2D eigenvalue weighted by Crippen LogP contribution is 2.34. The van der Waals surface area contributed by atoms with Crippen LogP contribution in [0.1, 0.15) is 25.3 Å². The Kier molecular flexibility index (Phi) is 6.16. The number of nitrogens with one attached hydrogen (secondary N) is 2.